The number of aryl methyl sites for hydroxylation is 1. The Morgan fingerprint density at radius 1 is 1.03 bits per heavy atom. The topological polar surface area (TPSA) is 60.8 Å². The summed E-state index contributed by atoms with van der Waals surface area (Å²) in [5.74, 6) is 0.714. The van der Waals surface area contributed by atoms with Crippen molar-refractivity contribution in [2.75, 3.05) is 25.1 Å². The van der Waals surface area contributed by atoms with Crippen molar-refractivity contribution in [3.8, 4) is 5.75 Å². The van der Waals surface area contributed by atoms with Crippen LogP contribution in [-0.2, 0) is 16.3 Å². The van der Waals surface area contributed by atoms with E-state index in [1.165, 1.54) is 6.42 Å². The van der Waals surface area contributed by atoms with Gasteiger partial charge in [-0.1, -0.05) is 19.1 Å². The first-order valence-corrected chi connectivity index (χ1v) is 11.6. The second kappa shape index (κ2) is 8.03. The lowest BCUT2D eigenvalue weighted by Crippen LogP contribution is -2.31. The van der Waals surface area contributed by atoms with E-state index in [2.05, 4.69) is 16.8 Å². The number of rotatable bonds is 5. The van der Waals surface area contributed by atoms with Crippen molar-refractivity contribution >= 4 is 26.4 Å². The molecule has 0 spiro atoms. The Hall–Kier alpha value is -2.60. The molecule has 6 heteroatoms. The maximum atomic E-state index is 13.6. The minimum absolute atomic E-state index is 0.323. The van der Waals surface area contributed by atoms with Crippen LogP contribution in [0.15, 0.2) is 58.5 Å². The number of nitrogens with zero attached hydrogens (tertiary/aromatic N) is 1. The van der Waals surface area contributed by atoms with E-state index in [0.29, 0.717) is 15.5 Å². The zero-order chi connectivity index (χ0) is 20.4. The second-order valence-corrected chi connectivity index (χ2v) is 9.38. The number of benzene rings is 2. The van der Waals surface area contributed by atoms with Crippen molar-refractivity contribution in [3.63, 3.8) is 0 Å². The van der Waals surface area contributed by atoms with Gasteiger partial charge >= 0.3 is 0 Å². The van der Waals surface area contributed by atoms with Crippen molar-refractivity contribution in [2.24, 2.45) is 0 Å². The normalized spacial score (nSPS) is 14.9. The second-order valence-electron chi connectivity index (χ2n) is 7.46. The third kappa shape index (κ3) is 3.69. The Bertz CT molecular complexity index is 1120. The lowest BCUT2D eigenvalue weighted by molar-refractivity contribution is -0.347. The standard InChI is InChI=1S/C23H26N2O3S/c1-3-17-7-10-19(11-8-17)29(26,27)22-16-24-21-12-9-18(28-2)15-20(21)23(22)25-13-5-4-6-14-25/h7-12,15-16H,3-6,13-14H2,1-2H3/p+1. The van der Waals surface area contributed by atoms with Crippen LogP contribution < -0.4 is 14.6 Å². The number of hydrogen-bond acceptors (Lipinski definition) is 4. The zero-order valence-corrected chi connectivity index (χ0v) is 17.8. The Balaban J connectivity index is 1.94. The molecule has 4 rings (SSSR count). The van der Waals surface area contributed by atoms with Gasteiger partial charge in [0.25, 0.3) is 0 Å². The fourth-order valence-electron chi connectivity index (χ4n) is 4.00. The number of ether oxygens (including phenoxy) is 1. The smallest absolute Gasteiger partial charge is 0.214 e. The first-order valence-electron chi connectivity index (χ1n) is 10.2. The molecule has 0 unspecified atom stereocenters. The Morgan fingerprint density at radius 3 is 2.41 bits per heavy atom. The highest BCUT2D eigenvalue weighted by molar-refractivity contribution is 7.91. The Labute approximate surface area is 172 Å². The van der Waals surface area contributed by atoms with Gasteiger partial charge in [0.15, 0.2) is 11.1 Å². The quantitative estimate of drug-likeness (QED) is 0.636. The summed E-state index contributed by atoms with van der Waals surface area (Å²) in [6.45, 7) is 3.77. The summed E-state index contributed by atoms with van der Waals surface area (Å²) in [6.07, 6.45) is 5.82. The molecular formula is C23H27N2O3S+. The van der Waals surface area contributed by atoms with E-state index in [4.69, 9.17) is 4.74 Å². The number of aromatic nitrogens is 1. The number of anilines is 1. The van der Waals surface area contributed by atoms with Crippen LogP contribution in [-0.4, -0.2) is 28.6 Å². The predicted molar refractivity (Wildman–Crippen MR) is 114 cm³/mol. The van der Waals surface area contributed by atoms with Gasteiger partial charge in [0.2, 0.25) is 15.4 Å². The Kier molecular flexibility index (Phi) is 5.46. The van der Waals surface area contributed by atoms with E-state index in [0.717, 1.165) is 54.5 Å². The molecule has 152 valence electrons. The zero-order valence-electron chi connectivity index (χ0n) is 16.9. The number of nitrogens with one attached hydrogen (secondary N) is 1. The van der Waals surface area contributed by atoms with Crippen LogP contribution in [0.25, 0.3) is 10.9 Å². The first kappa shape index (κ1) is 19.7. The van der Waals surface area contributed by atoms with E-state index in [-0.39, 0.29) is 0 Å². The van der Waals surface area contributed by atoms with Gasteiger partial charge in [-0.3, -0.25) is 0 Å². The van der Waals surface area contributed by atoms with Gasteiger partial charge < -0.3 is 9.64 Å². The molecule has 0 aliphatic carbocycles. The fraction of sp³-hybridized carbons (Fsp3) is 0.348. The largest absolute Gasteiger partial charge is 0.497 e. The molecule has 0 saturated carbocycles. The minimum atomic E-state index is -3.67. The number of methoxy groups -OCH3 is 1. The molecule has 1 N–H and O–H groups in total. The molecule has 3 aromatic rings. The van der Waals surface area contributed by atoms with Gasteiger partial charge in [-0.2, -0.15) is 0 Å². The lowest BCUT2D eigenvalue weighted by atomic mass is 10.1. The summed E-state index contributed by atoms with van der Waals surface area (Å²) in [7, 11) is -2.04. The van der Waals surface area contributed by atoms with Crippen LogP contribution in [0.1, 0.15) is 31.7 Å². The number of aromatic amines is 1. The van der Waals surface area contributed by atoms with Gasteiger partial charge in [-0.25, -0.2) is 13.4 Å². The van der Waals surface area contributed by atoms with Crippen molar-refractivity contribution in [3.05, 3.63) is 54.2 Å². The summed E-state index contributed by atoms with van der Waals surface area (Å²) < 4.78 is 32.7. The van der Waals surface area contributed by atoms with Crippen LogP contribution >= 0.6 is 0 Å². The first-order chi connectivity index (χ1) is 14.0. The number of piperidine rings is 1. The monoisotopic (exact) mass is 411 g/mol. The lowest BCUT2D eigenvalue weighted by Gasteiger charge is -2.30. The number of hydrogen-bond donors (Lipinski definition) is 0. The average molecular weight is 412 g/mol. The molecule has 0 atom stereocenters. The summed E-state index contributed by atoms with van der Waals surface area (Å²) in [4.78, 5) is 6.05. The van der Waals surface area contributed by atoms with Gasteiger partial charge in [-0.15, -0.1) is 0 Å². The number of pyridine rings is 1. The molecule has 1 aliphatic heterocycles. The van der Waals surface area contributed by atoms with E-state index >= 15 is 0 Å². The molecule has 5 nitrogen and oxygen atoms in total. The van der Waals surface area contributed by atoms with Crippen LogP contribution in [0.3, 0.4) is 0 Å². The fourth-order valence-corrected chi connectivity index (χ4v) is 5.45. The third-order valence-electron chi connectivity index (χ3n) is 5.68. The molecule has 1 saturated heterocycles. The van der Waals surface area contributed by atoms with Crippen molar-refractivity contribution in [1.82, 2.24) is 0 Å². The highest BCUT2D eigenvalue weighted by Gasteiger charge is 2.30. The van der Waals surface area contributed by atoms with Crippen LogP contribution in [0, 0.1) is 0 Å². The molecule has 0 radical (unpaired) electrons. The average Bonchev–Trinajstić information content (AvgIpc) is 2.78. The molecule has 2 aromatic carbocycles. The summed E-state index contributed by atoms with van der Waals surface area (Å²) in [5, 5.41) is 0.873. The molecule has 1 aliphatic rings. The van der Waals surface area contributed by atoms with E-state index in [9.17, 15) is 8.42 Å². The summed E-state index contributed by atoms with van der Waals surface area (Å²) in [5.41, 5.74) is 2.79. The number of fused-ring (bicyclic) bond motifs is 1. The Morgan fingerprint density at radius 2 is 1.76 bits per heavy atom. The van der Waals surface area contributed by atoms with E-state index in [1.807, 2.05) is 30.3 Å². The molecule has 1 fully saturated rings. The van der Waals surface area contributed by atoms with Gasteiger partial charge in [0, 0.05) is 19.2 Å². The number of sulfone groups is 1. The highest BCUT2D eigenvalue weighted by Crippen LogP contribution is 2.37. The van der Waals surface area contributed by atoms with Crippen molar-refractivity contribution in [2.45, 2.75) is 42.4 Å². The SMILES string of the molecule is CCc1ccc(S(=O)(=O)c2c[nH+]c3ccc(OC)cc3c2N2CCCCC2)cc1. The minimum Gasteiger partial charge on any atom is -0.497 e. The molecule has 0 amide bonds. The maximum absolute atomic E-state index is 13.6. The molecule has 1 aromatic heterocycles. The van der Waals surface area contributed by atoms with Crippen molar-refractivity contribution < 1.29 is 18.1 Å². The third-order valence-corrected chi connectivity index (χ3v) is 7.46. The summed E-state index contributed by atoms with van der Waals surface area (Å²) in [6, 6.07) is 13.0. The number of H-pyrrole nitrogens is 1. The molecule has 29 heavy (non-hydrogen) atoms. The molecule has 2 heterocycles. The van der Waals surface area contributed by atoms with E-state index < -0.39 is 9.84 Å². The molecule has 0 bridgehead atoms. The van der Waals surface area contributed by atoms with Crippen LogP contribution in [0.4, 0.5) is 5.69 Å². The van der Waals surface area contributed by atoms with Crippen LogP contribution in [0.2, 0.25) is 0 Å². The van der Waals surface area contributed by atoms with Gasteiger partial charge in [0.05, 0.1) is 23.1 Å². The predicted octanol–water partition coefficient (Wildman–Crippen LogP) is 4.05. The summed E-state index contributed by atoms with van der Waals surface area (Å²) >= 11 is 0. The van der Waals surface area contributed by atoms with Crippen LogP contribution in [0.5, 0.6) is 5.75 Å². The van der Waals surface area contributed by atoms with Gasteiger partial charge in [0.1, 0.15) is 5.75 Å². The van der Waals surface area contributed by atoms with Gasteiger partial charge in [-0.05, 0) is 55.5 Å². The van der Waals surface area contributed by atoms with E-state index in [1.54, 1.807) is 25.4 Å². The molecular weight excluding hydrogens is 384 g/mol. The maximum Gasteiger partial charge on any atom is 0.214 e. The van der Waals surface area contributed by atoms with Crippen molar-refractivity contribution in [1.29, 1.82) is 0 Å². The highest BCUT2D eigenvalue weighted by atomic mass is 32.2.